The van der Waals surface area contributed by atoms with E-state index in [4.69, 9.17) is 0 Å². The summed E-state index contributed by atoms with van der Waals surface area (Å²) < 4.78 is 0. The molecule has 0 spiro atoms. The molecule has 2 aliphatic heterocycles. The lowest BCUT2D eigenvalue weighted by molar-refractivity contribution is 0.631. The molecule has 2 nitrogen and oxygen atoms in total. The average molecular weight is 527 g/mol. The van der Waals surface area contributed by atoms with E-state index in [-0.39, 0.29) is 5.41 Å². The van der Waals surface area contributed by atoms with E-state index in [2.05, 4.69) is 169 Å². The summed E-state index contributed by atoms with van der Waals surface area (Å²) in [5.74, 6) is 0. The fourth-order valence-electron chi connectivity index (χ4n) is 6.73. The summed E-state index contributed by atoms with van der Waals surface area (Å²) in [6.07, 6.45) is 0. The number of anilines is 6. The molecule has 0 N–H and O–H groups in total. The molecule has 6 aromatic rings. The van der Waals surface area contributed by atoms with E-state index in [1.807, 2.05) is 0 Å². The molecule has 0 saturated carbocycles. The molecule has 0 amide bonds. The Labute approximate surface area is 241 Å². The summed E-state index contributed by atoms with van der Waals surface area (Å²) in [6, 6.07) is 52.9. The first kappa shape index (κ1) is 23.8. The topological polar surface area (TPSA) is 6.48 Å². The molecule has 196 valence electrons. The van der Waals surface area contributed by atoms with Gasteiger partial charge in [0.15, 0.2) is 0 Å². The minimum atomic E-state index is -0.134. The zero-order valence-corrected chi connectivity index (χ0v) is 23.3. The monoisotopic (exact) mass is 526 g/mol. The third-order valence-corrected chi connectivity index (χ3v) is 8.75. The molecule has 2 heteroatoms. The fraction of sp³-hybridized carbons (Fsp3) is 0.0769. The average Bonchev–Trinajstić information content (AvgIpc) is 3.03. The van der Waals surface area contributed by atoms with Crippen molar-refractivity contribution in [2.24, 2.45) is 0 Å². The summed E-state index contributed by atoms with van der Waals surface area (Å²) >= 11 is 0. The highest BCUT2D eigenvalue weighted by Crippen LogP contribution is 2.61. The van der Waals surface area contributed by atoms with Crippen molar-refractivity contribution in [3.8, 4) is 22.3 Å². The van der Waals surface area contributed by atoms with Crippen molar-refractivity contribution in [3.05, 3.63) is 157 Å². The Morgan fingerprint density at radius 2 is 0.976 bits per heavy atom. The molecule has 8 rings (SSSR count). The molecule has 0 radical (unpaired) electrons. The standard InChI is InChI=1S/C39H30N2/c1-39(2)32-19-9-10-21-34(32)41-37-26-30(28-15-7-4-8-16-28)23-24-35(37)40(36-22-12-20-33(39)38(36)41)31-18-11-17-29(25-31)27-13-5-3-6-14-27/h3-26H,1-2H3. The van der Waals surface area contributed by atoms with Gasteiger partial charge in [-0.2, -0.15) is 0 Å². The van der Waals surface area contributed by atoms with Gasteiger partial charge in [0, 0.05) is 11.1 Å². The number of hydrogen-bond acceptors (Lipinski definition) is 2. The number of fused-ring (bicyclic) bond motifs is 4. The highest BCUT2D eigenvalue weighted by Gasteiger charge is 2.42. The molecule has 41 heavy (non-hydrogen) atoms. The molecular formula is C39H30N2. The van der Waals surface area contributed by atoms with Crippen molar-refractivity contribution >= 4 is 34.1 Å². The van der Waals surface area contributed by atoms with Crippen molar-refractivity contribution in [1.29, 1.82) is 0 Å². The summed E-state index contributed by atoms with van der Waals surface area (Å²) in [6.45, 7) is 4.71. The van der Waals surface area contributed by atoms with Gasteiger partial charge in [-0.15, -0.1) is 0 Å². The summed E-state index contributed by atoms with van der Waals surface area (Å²) in [7, 11) is 0. The zero-order chi connectivity index (χ0) is 27.6. The third-order valence-electron chi connectivity index (χ3n) is 8.75. The Kier molecular flexibility index (Phi) is 5.20. The number of benzene rings is 6. The zero-order valence-electron chi connectivity index (χ0n) is 23.3. The van der Waals surface area contributed by atoms with Crippen LogP contribution in [0, 0.1) is 0 Å². The van der Waals surface area contributed by atoms with Crippen molar-refractivity contribution in [3.63, 3.8) is 0 Å². The first-order chi connectivity index (χ1) is 20.1. The lowest BCUT2D eigenvalue weighted by Gasteiger charge is -2.48. The lowest BCUT2D eigenvalue weighted by atomic mass is 9.72. The second-order valence-electron chi connectivity index (χ2n) is 11.5. The molecule has 0 saturated heterocycles. The van der Waals surface area contributed by atoms with Gasteiger partial charge in [0.25, 0.3) is 0 Å². The quantitative estimate of drug-likeness (QED) is 0.226. The van der Waals surface area contributed by atoms with Crippen LogP contribution in [0.3, 0.4) is 0 Å². The minimum Gasteiger partial charge on any atom is -0.306 e. The molecule has 6 aromatic carbocycles. The second-order valence-corrected chi connectivity index (χ2v) is 11.5. The minimum absolute atomic E-state index is 0.134. The second kappa shape index (κ2) is 8.97. The molecule has 0 bridgehead atoms. The Bertz CT molecular complexity index is 1920. The van der Waals surface area contributed by atoms with Crippen molar-refractivity contribution in [2.75, 3.05) is 9.80 Å². The van der Waals surface area contributed by atoms with E-state index in [9.17, 15) is 0 Å². The maximum absolute atomic E-state index is 2.50. The first-order valence-corrected chi connectivity index (χ1v) is 14.3. The van der Waals surface area contributed by atoms with Gasteiger partial charge in [-0.1, -0.05) is 123 Å². The molecular weight excluding hydrogens is 496 g/mol. The van der Waals surface area contributed by atoms with Crippen LogP contribution in [0.4, 0.5) is 34.1 Å². The molecule has 0 fully saturated rings. The largest absolute Gasteiger partial charge is 0.306 e. The van der Waals surface area contributed by atoms with Gasteiger partial charge in [-0.25, -0.2) is 0 Å². The number of rotatable bonds is 3. The van der Waals surface area contributed by atoms with E-state index in [1.54, 1.807) is 0 Å². The molecule has 2 heterocycles. The smallest absolute Gasteiger partial charge is 0.0744 e. The molecule has 0 aromatic heterocycles. The van der Waals surface area contributed by atoms with E-state index < -0.39 is 0 Å². The van der Waals surface area contributed by atoms with Crippen LogP contribution >= 0.6 is 0 Å². The van der Waals surface area contributed by atoms with Crippen molar-refractivity contribution in [1.82, 2.24) is 0 Å². The summed E-state index contributed by atoms with van der Waals surface area (Å²) in [5, 5.41) is 0. The summed E-state index contributed by atoms with van der Waals surface area (Å²) in [4.78, 5) is 4.96. The third kappa shape index (κ3) is 3.57. The summed E-state index contributed by atoms with van der Waals surface area (Å²) in [5.41, 5.74) is 14.7. The first-order valence-electron chi connectivity index (χ1n) is 14.3. The highest BCUT2D eigenvalue weighted by atomic mass is 15.3. The highest BCUT2D eigenvalue weighted by molar-refractivity contribution is 6.06. The molecule has 2 aliphatic rings. The lowest BCUT2D eigenvalue weighted by Crippen LogP contribution is -2.34. The van der Waals surface area contributed by atoms with E-state index in [1.165, 1.54) is 61.8 Å². The predicted octanol–water partition coefficient (Wildman–Crippen LogP) is 10.9. The SMILES string of the molecule is CC1(C)c2ccccc2N2c3cc(-c4ccccc4)ccc3N(c3cccc(-c4ccccc4)c3)c3cccc1c32. The van der Waals surface area contributed by atoms with Crippen LogP contribution in [0.1, 0.15) is 25.0 Å². The van der Waals surface area contributed by atoms with Crippen LogP contribution in [0.25, 0.3) is 22.3 Å². The van der Waals surface area contributed by atoms with Gasteiger partial charge in [-0.05, 0) is 69.8 Å². The van der Waals surface area contributed by atoms with E-state index in [0.29, 0.717) is 0 Å². The van der Waals surface area contributed by atoms with Crippen molar-refractivity contribution < 1.29 is 0 Å². The van der Waals surface area contributed by atoms with Crippen LogP contribution in [0.5, 0.6) is 0 Å². The normalized spacial score (nSPS) is 14.2. The van der Waals surface area contributed by atoms with Crippen LogP contribution in [0.15, 0.2) is 146 Å². The van der Waals surface area contributed by atoms with Crippen molar-refractivity contribution in [2.45, 2.75) is 19.3 Å². The van der Waals surface area contributed by atoms with E-state index >= 15 is 0 Å². The maximum atomic E-state index is 2.50. The van der Waals surface area contributed by atoms with Gasteiger partial charge >= 0.3 is 0 Å². The van der Waals surface area contributed by atoms with Gasteiger partial charge < -0.3 is 9.80 Å². The van der Waals surface area contributed by atoms with Gasteiger partial charge in [0.2, 0.25) is 0 Å². The molecule has 0 unspecified atom stereocenters. The number of para-hydroxylation sites is 2. The Morgan fingerprint density at radius 3 is 1.73 bits per heavy atom. The Balaban J connectivity index is 1.42. The van der Waals surface area contributed by atoms with E-state index in [0.717, 1.165) is 5.69 Å². The number of nitrogens with zero attached hydrogens (tertiary/aromatic N) is 2. The maximum Gasteiger partial charge on any atom is 0.0744 e. The number of hydrogen-bond donors (Lipinski definition) is 0. The van der Waals surface area contributed by atoms with Gasteiger partial charge in [-0.3, -0.25) is 0 Å². The Morgan fingerprint density at radius 1 is 0.390 bits per heavy atom. The van der Waals surface area contributed by atoms with Gasteiger partial charge in [0.05, 0.1) is 28.4 Å². The van der Waals surface area contributed by atoms with Gasteiger partial charge in [0.1, 0.15) is 0 Å². The van der Waals surface area contributed by atoms with Crippen LogP contribution < -0.4 is 9.80 Å². The van der Waals surface area contributed by atoms with Crippen LogP contribution in [0.2, 0.25) is 0 Å². The Hall–Kier alpha value is -5.08. The predicted molar refractivity (Wildman–Crippen MR) is 172 cm³/mol. The fourth-order valence-corrected chi connectivity index (χ4v) is 6.73. The molecule has 0 atom stereocenters. The molecule has 0 aliphatic carbocycles. The van der Waals surface area contributed by atoms with Crippen LogP contribution in [-0.2, 0) is 5.41 Å². The van der Waals surface area contributed by atoms with Crippen LogP contribution in [-0.4, -0.2) is 0 Å².